The summed E-state index contributed by atoms with van der Waals surface area (Å²) in [6, 6.07) is 10.2. The van der Waals surface area contributed by atoms with Crippen molar-refractivity contribution in [2.75, 3.05) is 24.5 Å². The van der Waals surface area contributed by atoms with Crippen molar-refractivity contribution in [1.29, 1.82) is 0 Å². The van der Waals surface area contributed by atoms with Gasteiger partial charge in [-0.2, -0.15) is 0 Å². The molecule has 136 valence electrons. The Morgan fingerprint density at radius 2 is 2.00 bits per heavy atom. The van der Waals surface area contributed by atoms with Gasteiger partial charge in [-0.05, 0) is 26.3 Å². The van der Waals surface area contributed by atoms with Crippen LogP contribution in [0.5, 0.6) is 0 Å². The van der Waals surface area contributed by atoms with E-state index >= 15 is 0 Å². The summed E-state index contributed by atoms with van der Waals surface area (Å²) >= 11 is 1.70. The van der Waals surface area contributed by atoms with Gasteiger partial charge in [-0.1, -0.05) is 41.7 Å². The van der Waals surface area contributed by atoms with Crippen LogP contribution < -0.4 is 4.90 Å². The van der Waals surface area contributed by atoms with Crippen molar-refractivity contribution in [3.63, 3.8) is 0 Å². The standard InChI is InChI=1S/C20H23N3O2S/c1-20(2,3)25-19(24)23-12-15-10-22(11-16(15)13-23)17-9-21-18(26-17)14-7-5-4-6-8-14/h4-10,16H,11-13H2,1-3H3. The molecule has 1 unspecified atom stereocenters. The molecule has 1 amide bonds. The number of thiazole rings is 1. The summed E-state index contributed by atoms with van der Waals surface area (Å²) in [5, 5.41) is 2.18. The average molecular weight is 369 g/mol. The van der Waals surface area contributed by atoms with E-state index in [1.54, 1.807) is 16.2 Å². The Morgan fingerprint density at radius 3 is 2.69 bits per heavy atom. The molecule has 1 saturated heterocycles. The number of ether oxygens (including phenoxy) is 1. The van der Waals surface area contributed by atoms with Gasteiger partial charge in [0, 0.05) is 37.3 Å². The van der Waals surface area contributed by atoms with Crippen LogP contribution in [-0.4, -0.2) is 41.2 Å². The third kappa shape index (κ3) is 3.46. The smallest absolute Gasteiger partial charge is 0.410 e. The lowest BCUT2D eigenvalue weighted by Crippen LogP contribution is -2.36. The number of fused-ring (bicyclic) bond motifs is 1. The highest BCUT2D eigenvalue weighted by atomic mass is 32.1. The maximum Gasteiger partial charge on any atom is 0.410 e. The average Bonchev–Trinajstić information content (AvgIpc) is 3.28. The molecule has 0 aliphatic carbocycles. The van der Waals surface area contributed by atoms with Crippen LogP contribution >= 0.6 is 11.3 Å². The van der Waals surface area contributed by atoms with Gasteiger partial charge in [0.1, 0.15) is 15.6 Å². The highest BCUT2D eigenvalue weighted by Crippen LogP contribution is 2.37. The first kappa shape index (κ1) is 17.1. The lowest BCUT2D eigenvalue weighted by atomic mass is 10.1. The molecular weight excluding hydrogens is 346 g/mol. The number of nitrogens with zero attached hydrogens (tertiary/aromatic N) is 3. The lowest BCUT2D eigenvalue weighted by molar-refractivity contribution is 0.0291. The molecule has 5 nitrogen and oxygen atoms in total. The van der Waals surface area contributed by atoms with E-state index in [0.717, 1.165) is 28.7 Å². The van der Waals surface area contributed by atoms with Crippen molar-refractivity contribution in [3.8, 4) is 10.6 Å². The van der Waals surface area contributed by atoms with E-state index in [1.165, 1.54) is 5.57 Å². The van der Waals surface area contributed by atoms with Gasteiger partial charge in [0.05, 0.1) is 6.20 Å². The van der Waals surface area contributed by atoms with Crippen LogP contribution in [0.1, 0.15) is 20.8 Å². The topological polar surface area (TPSA) is 45.7 Å². The van der Waals surface area contributed by atoms with Gasteiger partial charge in [-0.3, -0.25) is 0 Å². The number of aromatic nitrogens is 1. The molecular formula is C20H23N3O2S. The monoisotopic (exact) mass is 369 g/mol. The van der Waals surface area contributed by atoms with E-state index in [9.17, 15) is 4.79 Å². The number of anilines is 1. The van der Waals surface area contributed by atoms with Gasteiger partial charge in [0.2, 0.25) is 0 Å². The molecule has 0 spiro atoms. The van der Waals surface area contributed by atoms with E-state index in [2.05, 4.69) is 28.2 Å². The van der Waals surface area contributed by atoms with Crippen LogP contribution in [-0.2, 0) is 4.74 Å². The van der Waals surface area contributed by atoms with E-state index in [-0.39, 0.29) is 6.09 Å². The summed E-state index contributed by atoms with van der Waals surface area (Å²) in [5.74, 6) is 0.379. The van der Waals surface area contributed by atoms with Crippen LogP contribution in [0.3, 0.4) is 0 Å². The zero-order valence-corrected chi connectivity index (χ0v) is 16.1. The molecule has 0 saturated carbocycles. The van der Waals surface area contributed by atoms with Crippen molar-refractivity contribution in [1.82, 2.24) is 9.88 Å². The zero-order valence-electron chi connectivity index (χ0n) is 15.3. The largest absolute Gasteiger partial charge is 0.444 e. The first-order chi connectivity index (χ1) is 12.4. The van der Waals surface area contributed by atoms with Crippen molar-refractivity contribution in [2.24, 2.45) is 5.92 Å². The lowest BCUT2D eigenvalue weighted by Gasteiger charge is -2.25. The zero-order chi connectivity index (χ0) is 18.3. The van der Waals surface area contributed by atoms with Gasteiger partial charge in [-0.15, -0.1) is 0 Å². The van der Waals surface area contributed by atoms with E-state index in [0.29, 0.717) is 12.5 Å². The quantitative estimate of drug-likeness (QED) is 0.788. The van der Waals surface area contributed by atoms with Crippen LogP contribution in [0.25, 0.3) is 10.6 Å². The molecule has 6 heteroatoms. The van der Waals surface area contributed by atoms with Gasteiger partial charge in [0.25, 0.3) is 0 Å². The molecule has 1 aromatic heterocycles. The van der Waals surface area contributed by atoms with Crippen LogP contribution in [0.2, 0.25) is 0 Å². The Balaban J connectivity index is 1.44. The van der Waals surface area contributed by atoms with Crippen molar-refractivity contribution in [2.45, 2.75) is 26.4 Å². The first-order valence-corrected chi connectivity index (χ1v) is 9.67. The fourth-order valence-electron chi connectivity index (χ4n) is 3.34. The predicted octanol–water partition coefficient (Wildman–Crippen LogP) is 4.38. The Hall–Kier alpha value is -2.34. The number of amides is 1. The predicted molar refractivity (Wildman–Crippen MR) is 104 cm³/mol. The molecule has 1 aromatic carbocycles. The summed E-state index contributed by atoms with van der Waals surface area (Å²) in [4.78, 5) is 20.9. The van der Waals surface area contributed by atoms with E-state index < -0.39 is 5.60 Å². The minimum atomic E-state index is -0.453. The molecule has 0 N–H and O–H groups in total. The van der Waals surface area contributed by atoms with Crippen LogP contribution in [0.4, 0.5) is 9.80 Å². The highest BCUT2D eigenvalue weighted by molar-refractivity contribution is 7.19. The van der Waals surface area contributed by atoms with Crippen molar-refractivity contribution >= 4 is 22.4 Å². The van der Waals surface area contributed by atoms with Gasteiger partial charge >= 0.3 is 6.09 Å². The molecule has 2 aliphatic rings. The summed E-state index contributed by atoms with van der Waals surface area (Å²) in [7, 11) is 0. The fraction of sp³-hybridized carbons (Fsp3) is 0.400. The molecule has 1 atom stereocenters. The van der Waals surface area contributed by atoms with Gasteiger partial charge < -0.3 is 14.5 Å². The Kier molecular flexibility index (Phi) is 4.23. The summed E-state index contributed by atoms with van der Waals surface area (Å²) in [5.41, 5.74) is 1.99. The number of carbonyl (C=O) groups excluding carboxylic acids is 1. The second-order valence-electron chi connectivity index (χ2n) is 7.78. The van der Waals surface area contributed by atoms with Gasteiger partial charge in [-0.25, -0.2) is 9.78 Å². The minimum Gasteiger partial charge on any atom is -0.444 e. The maximum atomic E-state index is 12.3. The van der Waals surface area contributed by atoms with Crippen molar-refractivity contribution in [3.05, 3.63) is 48.3 Å². The molecule has 0 radical (unpaired) electrons. The summed E-state index contributed by atoms with van der Waals surface area (Å²) in [6.45, 7) is 7.97. The summed E-state index contributed by atoms with van der Waals surface area (Å²) in [6.07, 6.45) is 3.90. The second-order valence-corrected chi connectivity index (χ2v) is 8.79. The number of likely N-dealkylation sites (tertiary alicyclic amines) is 1. The third-order valence-corrected chi connectivity index (χ3v) is 5.61. The molecule has 2 aliphatic heterocycles. The molecule has 26 heavy (non-hydrogen) atoms. The third-order valence-electron chi connectivity index (χ3n) is 4.53. The van der Waals surface area contributed by atoms with Crippen LogP contribution in [0, 0.1) is 5.92 Å². The fourth-order valence-corrected chi connectivity index (χ4v) is 4.25. The van der Waals surface area contributed by atoms with E-state index in [4.69, 9.17) is 4.74 Å². The minimum absolute atomic E-state index is 0.219. The van der Waals surface area contributed by atoms with Gasteiger partial charge in [0.15, 0.2) is 0 Å². The number of benzene rings is 1. The molecule has 4 rings (SSSR count). The Bertz CT molecular complexity index is 838. The summed E-state index contributed by atoms with van der Waals surface area (Å²) < 4.78 is 5.49. The Labute approximate surface area is 157 Å². The van der Waals surface area contributed by atoms with Crippen molar-refractivity contribution < 1.29 is 9.53 Å². The highest BCUT2D eigenvalue weighted by Gasteiger charge is 2.37. The second kappa shape index (κ2) is 6.43. The van der Waals surface area contributed by atoms with E-state index in [1.807, 2.05) is 45.2 Å². The molecule has 0 bridgehead atoms. The number of hydrogen-bond donors (Lipinski definition) is 0. The maximum absolute atomic E-state index is 12.3. The SMILES string of the molecule is CC(C)(C)OC(=O)N1CC2=CN(c3cnc(-c4ccccc4)s3)CC2C1. The molecule has 3 heterocycles. The first-order valence-electron chi connectivity index (χ1n) is 8.85. The number of hydrogen-bond acceptors (Lipinski definition) is 5. The number of carbonyl (C=O) groups is 1. The van der Waals surface area contributed by atoms with Crippen LogP contribution in [0.15, 0.2) is 48.3 Å². The normalized spacial score (nSPS) is 19.5. The number of rotatable bonds is 2. The Morgan fingerprint density at radius 1 is 1.23 bits per heavy atom. The molecule has 1 fully saturated rings. The molecule has 2 aromatic rings.